The highest BCUT2D eigenvalue weighted by Gasteiger charge is 2.31. The lowest BCUT2D eigenvalue weighted by atomic mass is 9.88. The summed E-state index contributed by atoms with van der Waals surface area (Å²) >= 11 is 1.99. The van der Waals surface area contributed by atoms with Gasteiger partial charge in [-0.3, -0.25) is 0 Å². The van der Waals surface area contributed by atoms with Crippen molar-refractivity contribution in [3.63, 3.8) is 0 Å². The Morgan fingerprint density at radius 2 is 1.95 bits per heavy atom. The molecule has 0 spiro atoms. The number of hydrogen-bond acceptors (Lipinski definition) is 2. The van der Waals surface area contributed by atoms with Gasteiger partial charge in [-0.1, -0.05) is 6.07 Å². The van der Waals surface area contributed by atoms with E-state index in [1.165, 1.54) is 36.5 Å². The molecule has 5 heteroatoms. The first-order valence-electron chi connectivity index (χ1n) is 7.34. The molecule has 118 valence electrons. The second-order valence-electron chi connectivity index (χ2n) is 5.70. The van der Waals surface area contributed by atoms with Gasteiger partial charge < -0.3 is 5.32 Å². The van der Waals surface area contributed by atoms with Crippen LogP contribution in [-0.2, 0) is 6.18 Å². The average molecular weight is 317 g/mol. The number of rotatable bonds is 4. The molecule has 1 aromatic rings. The Morgan fingerprint density at radius 1 is 1.29 bits per heavy atom. The summed E-state index contributed by atoms with van der Waals surface area (Å²) in [6.45, 7) is 1.77. The maximum atomic E-state index is 12.7. The van der Waals surface area contributed by atoms with Gasteiger partial charge >= 0.3 is 6.18 Å². The molecule has 1 atom stereocenters. The second-order valence-corrected chi connectivity index (χ2v) is 6.93. The molecule has 1 aromatic carbocycles. The van der Waals surface area contributed by atoms with Gasteiger partial charge in [-0.15, -0.1) is 0 Å². The molecule has 1 saturated heterocycles. The number of halogens is 3. The molecule has 1 aliphatic rings. The van der Waals surface area contributed by atoms with Crippen molar-refractivity contribution in [3.05, 3.63) is 34.9 Å². The van der Waals surface area contributed by atoms with E-state index in [9.17, 15) is 13.2 Å². The highest BCUT2D eigenvalue weighted by molar-refractivity contribution is 7.99. The molecule has 1 N–H and O–H groups in total. The van der Waals surface area contributed by atoms with Gasteiger partial charge in [0.05, 0.1) is 5.56 Å². The van der Waals surface area contributed by atoms with Gasteiger partial charge in [0, 0.05) is 6.04 Å². The summed E-state index contributed by atoms with van der Waals surface area (Å²) in [6, 6.07) is 4.23. The van der Waals surface area contributed by atoms with Crippen molar-refractivity contribution >= 4 is 11.8 Å². The Kier molecular flexibility index (Phi) is 5.60. The minimum absolute atomic E-state index is 0.139. The smallest absolute Gasteiger partial charge is 0.313 e. The molecule has 21 heavy (non-hydrogen) atoms. The standard InChI is InChI=1S/C16H22F3NS/c1-11-9-13(16(17,18)19)3-4-14(11)15(20-2)10-12-5-7-21-8-6-12/h3-4,9,12,15,20H,5-8,10H2,1-2H3. The maximum absolute atomic E-state index is 12.7. The third-order valence-corrected chi connectivity index (χ3v) is 5.28. The lowest BCUT2D eigenvalue weighted by Gasteiger charge is -2.27. The first-order valence-corrected chi connectivity index (χ1v) is 8.50. The van der Waals surface area contributed by atoms with Gasteiger partial charge in [0.15, 0.2) is 0 Å². The molecule has 2 rings (SSSR count). The predicted octanol–water partition coefficient (Wildman–Crippen LogP) is 4.81. The zero-order chi connectivity index (χ0) is 15.5. The summed E-state index contributed by atoms with van der Waals surface area (Å²) in [7, 11) is 1.89. The van der Waals surface area contributed by atoms with Crippen LogP contribution in [0.2, 0.25) is 0 Å². The molecule has 1 unspecified atom stereocenters. The summed E-state index contributed by atoms with van der Waals surface area (Å²) in [5, 5.41) is 3.28. The number of hydrogen-bond donors (Lipinski definition) is 1. The molecule has 1 fully saturated rings. The number of benzene rings is 1. The fourth-order valence-electron chi connectivity index (χ4n) is 2.96. The molecule has 0 aliphatic carbocycles. The third-order valence-electron chi connectivity index (χ3n) is 4.23. The largest absolute Gasteiger partial charge is 0.416 e. The quantitative estimate of drug-likeness (QED) is 0.855. The van der Waals surface area contributed by atoms with Gasteiger partial charge in [-0.05, 0) is 73.9 Å². The van der Waals surface area contributed by atoms with Gasteiger partial charge in [-0.25, -0.2) is 0 Å². The Hall–Kier alpha value is -0.680. The van der Waals surface area contributed by atoms with Gasteiger partial charge in [-0.2, -0.15) is 24.9 Å². The van der Waals surface area contributed by atoms with Crippen LogP contribution in [0.1, 0.15) is 42.0 Å². The van der Waals surface area contributed by atoms with Crippen molar-refractivity contribution in [3.8, 4) is 0 Å². The van der Waals surface area contributed by atoms with E-state index in [4.69, 9.17) is 0 Å². The van der Waals surface area contributed by atoms with Crippen LogP contribution < -0.4 is 5.32 Å². The van der Waals surface area contributed by atoms with Crippen LogP contribution in [0, 0.1) is 12.8 Å². The number of thioether (sulfide) groups is 1. The van der Waals surface area contributed by atoms with Crippen LogP contribution in [-0.4, -0.2) is 18.6 Å². The van der Waals surface area contributed by atoms with Crippen molar-refractivity contribution in [1.29, 1.82) is 0 Å². The van der Waals surface area contributed by atoms with Gasteiger partial charge in [0.1, 0.15) is 0 Å². The number of aryl methyl sites for hydroxylation is 1. The Labute approximate surface area is 128 Å². The fourth-order valence-corrected chi connectivity index (χ4v) is 4.16. The Balaban J connectivity index is 2.14. The van der Waals surface area contributed by atoms with E-state index >= 15 is 0 Å². The van der Waals surface area contributed by atoms with E-state index in [0.29, 0.717) is 11.5 Å². The normalized spacial score (nSPS) is 18.7. The lowest BCUT2D eigenvalue weighted by molar-refractivity contribution is -0.137. The van der Waals surface area contributed by atoms with E-state index in [1.807, 2.05) is 18.8 Å². The lowest BCUT2D eigenvalue weighted by Crippen LogP contribution is -2.23. The minimum atomic E-state index is -4.26. The molecule has 0 aromatic heterocycles. The van der Waals surface area contributed by atoms with E-state index in [-0.39, 0.29) is 6.04 Å². The third kappa shape index (κ3) is 4.39. The van der Waals surface area contributed by atoms with E-state index in [0.717, 1.165) is 12.0 Å². The van der Waals surface area contributed by atoms with Crippen molar-refractivity contribution in [2.75, 3.05) is 18.6 Å². The molecule has 1 aliphatic heterocycles. The van der Waals surface area contributed by atoms with Crippen molar-refractivity contribution < 1.29 is 13.2 Å². The Bertz CT molecular complexity index is 467. The van der Waals surface area contributed by atoms with E-state index in [1.54, 1.807) is 13.0 Å². The van der Waals surface area contributed by atoms with Crippen LogP contribution in [0.4, 0.5) is 13.2 Å². The summed E-state index contributed by atoms with van der Waals surface area (Å²) in [5.41, 5.74) is 1.14. The van der Waals surface area contributed by atoms with Crippen molar-refractivity contribution in [1.82, 2.24) is 5.32 Å². The average Bonchev–Trinajstić information content (AvgIpc) is 2.45. The SMILES string of the molecule is CNC(CC1CCSCC1)c1ccc(C(F)(F)F)cc1C. The molecule has 0 bridgehead atoms. The van der Waals surface area contributed by atoms with Gasteiger partial charge in [0.25, 0.3) is 0 Å². The first-order chi connectivity index (χ1) is 9.91. The summed E-state index contributed by atoms with van der Waals surface area (Å²) in [4.78, 5) is 0. The highest BCUT2D eigenvalue weighted by Crippen LogP contribution is 2.35. The van der Waals surface area contributed by atoms with Crippen molar-refractivity contribution in [2.24, 2.45) is 5.92 Å². The first kappa shape index (κ1) is 16.7. The molecule has 0 saturated carbocycles. The van der Waals surface area contributed by atoms with Crippen LogP contribution >= 0.6 is 11.8 Å². The van der Waals surface area contributed by atoms with Gasteiger partial charge in [0.2, 0.25) is 0 Å². The number of alkyl halides is 3. The fraction of sp³-hybridized carbons (Fsp3) is 0.625. The predicted molar refractivity (Wildman–Crippen MR) is 82.6 cm³/mol. The maximum Gasteiger partial charge on any atom is 0.416 e. The molecule has 1 nitrogen and oxygen atoms in total. The summed E-state index contributed by atoms with van der Waals surface area (Å²) in [5.74, 6) is 3.07. The topological polar surface area (TPSA) is 12.0 Å². The zero-order valence-electron chi connectivity index (χ0n) is 12.5. The van der Waals surface area contributed by atoms with Crippen LogP contribution in [0.15, 0.2) is 18.2 Å². The van der Waals surface area contributed by atoms with E-state index in [2.05, 4.69) is 5.32 Å². The molecular weight excluding hydrogens is 295 g/mol. The molecule has 0 amide bonds. The monoisotopic (exact) mass is 317 g/mol. The summed E-state index contributed by atoms with van der Waals surface area (Å²) < 4.78 is 38.2. The Morgan fingerprint density at radius 3 is 2.48 bits per heavy atom. The summed E-state index contributed by atoms with van der Waals surface area (Å²) in [6.07, 6.45) is -0.840. The molecule has 1 heterocycles. The minimum Gasteiger partial charge on any atom is -0.313 e. The van der Waals surface area contributed by atoms with Crippen LogP contribution in [0.3, 0.4) is 0 Å². The van der Waals surface area contributed by atoms with Crippen molar-refractivity contribution in [2.45, 2.75) is 38.4 Å². The molecular formula is C16H22F3NS. The van der Waals surface area contributed by atoms with Crippen LogP contribution in [0.25, 0.3) is 0 Å². The van der Waals surface area contributed by atoms with E-state index < -0.39 is 11.7 Å². The second kappa shape index (κ2) is 7.05. The zero-order valence-corrected chi connectivity index (χ0v) is 13.3. The molecule has 0 radical (unpaired) electrons. The van der Waals surface area contributed by atoms with Crippen LogP contribution in [0.5, 0.6) is 0 Å². The number of nitrogens with one attached hydrogen (secondary N) is 1. The highest BCUT2D eigenvalue weighted by atomic mass is 32.2.